The van der Waals surface area contributed by atoms with Gasteiger partial charge in [-0.3, -0.25) is 0 Å². The van der Waals surface area contributed by atoms with Gasteiger partial charge in [0, 0.05) is 6.08 Å². The Labute approximate surface area is 130 Å². The summed E-state index contributed by atoms with van der Waals surface area (Å²) in [5.74, 6) is -0.302. The first-order chi connectivity index (χ1) is 10.3. The Morgan fingerprint density at radius 2 is 1.43 bits per heavy atom. The van der Waals surface area contributed by atoms with Gasteiger partial charge in [0.15, 0.2) is 0 Å². The van der Waals surface area contributed by atoms with Crippen molar-refractivity contribution in [3.05, 3.63) is 12.7 Å². The topological polar surface area (TPSA) is 29.5 Å². The molecule has 0 N–H and O–H groups in total. The van der Waals surface area contributed by atoms with Crippen LogP contribution in [0.25, 0.3) is 0 Å². The zero-order valence-electron chi connectivity index (χ0n) is 13.7. The summed E-state index contributed by atoms with van der Waals surface area (Å²) in [7, 11) is 0. The van der Waals surface area contributed by atoms with Crippen molar-refractivity contribution in [1.82, 2.24) is 4.90 Å². The fourth-order valence-corrected chi connectivity index (χ4v) is 2.91. The van der Waals surface area contributed by atoms with Crippen molar-refractivity contribution in [2.75, 3.05) is 26.2 Å². The molecule has 1 aliphatic heterocycles. The van der Waals surface area contributed by atoms with Gasteiger partial charge in [-0.05, 0) is 45.3 Å². The van der Waals surface area contributed by atoms with Crippen LogP contribution >= 0.6 is 0 Å². The van der Waals surface area contributed by atoms with Gasteiger partial charge in [0.05, 0.1) is 6.61 Å². The first-order valence-electron chi connectivity index (χ1n) is 8.84. The highest BCUT2D eigenvalue weighted by Gasteiger charge is 2.09. The summed E-state index contributed by atoms with van der Waals surface area (Å²) in [6.07, 6.45) is 15.7. The number of hydrogen-bond donors (Lipinski definition) is 0. The molecule has 0 saturated carbocycles. The molecule has 3 heteroatoms. The number of nitrogens with zero attached hydrogens (tertiary/aromatic N) is 1. The lowest BCUT2D eigenvalue weighted by atomic mass is 10.1. The van der Waals surface area contributed by atoms with Gasteiger partial charge < -0.3 is 9.64 Å². The first-order valence-corrected chi connectivity index (χ1v) is 8.84. The molecule has 1 fully saturated rings. The fourth-order valence-electron chi connectivity index (χ4n) is 2.91. The third kappa shape index (κ3) is 10.5. The average molecular weight is 295 g/mol. The van der Waals surface area contributed by atoms with E-state index in [0.717, 1.165) is 6.42 Å². The number of carbonyl (C=O) groups is 1. The first kappa shape index (κ1) is 18.2. The van der Waals surface area contributed by atoms with E-state index in [0.29, 0.717) is 6.61 Å². The Hall–Kier alpha value is -0.830. The molecule has 0 amide bonds. The molecule has 1 aliphatic rings. The normalized spacial score (nSPS) is 15.2. The Kier molecular flexibility index (Phi) is 11.2. The van der Waals surface area contributed by atoms with E-state index < -0.39 is 0 Å². The van der Waals surface area contributed by atoms with E-state index >= 15 is 0 Å². The highest BCUT2D eigenvalue weighted by Crippen LogP contribution is 2.12. The van der Waals surface area contributed by atoms with Crippen molar-refractivity contribution >= 4 is 5.97 Å². The summed E-state index contributed by atoms with van der Waals surface area (Å²) in [5.41, 5.74) is 0. The maximum atomic E-state index is 10.8. The molecule has 0 atom stereocenters. The van der Waals surface area contributed by atoms with Gasteiger partial charge in [-0.15, -0.1) is 0 Å². The minimum atomic E-state index is -0.302. The molecule has 0 spiro atoms. The van der Waals surface area contributed by atoms with Crippen molar-refractivity contribution in [1.29, 1.82) is 0 Å². The molecule has 0 aromatic carbocycles. The molecular formula is C18H33NO2. The molecular weight excluding hydrogens is 262 g/mol. The van der Waals surface area contributed by atoms with Gasteiger partial charge in [-0.25, -0.2) is 4.79 Å². The van der Waals surface area contributed by atoms with Crippen LogP contribution in [0.3, 0.4) is 0 Å². The molecule has 0 unspecified atom stereocenters. The molecule has 0 radical (unpaired) electrons. The fraction of sp³-hybridized carbons (Fsp3) is 0.833. The Bertz CT molecular complexity index is 272. The van der Waals surface area contributed by atoms with Crippen molar-refractivity contribution in [2.45, 2.75) is 70.6 Å². The molecule has 0 aliphatic carbocycles. The van der Waals surface area contributed by atoms with Crippen LogP contribution in [-0.4, -0.2) is 37.1 Å². The van der Waals surface area contributed by atoms with Crippen molar-refractivity contribution in [3.8, 4) is 0 Å². The molecule has 1 heterocycles. The second-order valence-corrected chi connectivity index (χ2v) is 6.10. The van der Waals surface area contributed by atoms with Crippen molar-refractivity contribution in [2.24, 2.45) is 0 Å². The van der Waals surface area contributed by atoms with Gasteiger partial charge in [0.2, 0.25) is 0 Å². The van der Waals surface area contributed by atoms with Crippen LogP contribution in [0.2, 0.25) is 0 Å². The quantitative estimate of drug-likeness (QED) is 0.288. The van der Waals surface area contributed by atoms with E-state index in [4.69, 9.17) is 4.74 Å². The Morgan fingerprint density at radius 3 is 2.00 bits per heavy atom. The molecule has 3 nitrogen and oxygen atoms in total. The summed E-state index contributed by atoms with van der Waals surface area (Å²) in [6, 6.07) is 0. The second kappa shape index (κ2) is 12.9. The van der Waals surface area contributed by atoms with Crippen LogP contribution in [0.1, 0.15) is 70.6 Å². The largest absolute Gasteiger partial charge is 0.463 e. The van der Waals surface area contributed by atoms with Crippen LogP contribution in [-0.2, 0) is 9.53 Å². The van der Waals surface area contributed by atoms with Gasteiger partial charge >= 0.3 is 5.97 Å². The molecule has 0 aromatic heterocycles. The summed E-state index contributed by atoms with van der Waals surface area (Å²) < 4.78 is 4.94. The maximum Gasteiger partial charge on any atom is 0.330 e. The maximum absolute atomic E-state index is 10.8. The molecule has 0 bridgehead atoms. The second-order valence-electron chi connectivity index (χ2n) is 6.10. The highest BCUT2D eigenvalue weighted by molar-refractivity contribution is 5.81. The van der Waals surface area contributed by atoms with Crippen LogP contribution < -0.4 is 0 Å². The predicted octanol–water partition coefficient (Wildman–Crippen LogP) is 4.32. The highest BCUT2D eigenvalue weighted by atomic mass is 16.5. The van der Waals surface area contributed by atoms with Crippen molar-refractivity contribution in [3.63, 3.8) is 0 Å². The molecule has 1 saturated heterocycles. The van der Waals surface area contributed by atoms with Gasteiger partial charge in [0.25, 0.3) is 0 Å². The van der Waals surface area contributed by atoms with Crippen LogP contribution in [0.4, 0.5) is 0 Å². The molecule has 21 heavy (non-hydrogen) atoms. The summed E-state index contributed by atoms with van der Waals surface area (Å²) in [4.78, 5) is 13.4. The number of likely N-dealkylation sites (tertiary alicyclic amines) is 1. The van der Waals surface area contributed by atoms with Crippen LogP contribution in [0, 0.1) is 0 Å². The third-order valence-electron chi connectivity index (χ3n) is 4.23. The molecule has 1 rings (SSSR count). The van der Waals surface area contributed by atoms with Gasteiger partial charge in [0.1, 0.15) is 0 Å². The number of rotatable bonds is 13. The molecule has 122 valence electrons. The average Bonchev–Trinajstić information content (AvgIpc) is 3.01. The summed E-state index contributed by atoms with van der Waals surface area (Å²) in [5, 5.41) is 0. The summed E-state index contributed by atoms with van der Waals surface area (Å²) in [6.45, 7) is 7.91. The van der Waals surface area contributed by atoms with Crippen molar-refractivity contribution < 1.29 is 9.53 Å². The number of ether oxygens (including phenoxy) is 1. The zero-order chi connectivity index (χ0) is 15.2. The minimum Gasteiger partial charge on any atom is -0.463 e. The number of carbonyl (C=O) groups excluding carboxylic acids is 1. The standard InChI is InChI=1S/C18H33NO2/c1-2-18(20)21-17-13-9-7-5-3-4-6-8-10-14-19-15-11-12-16-19/h2H,1,3-17H2. The zero-order valence-corrected chi connectivity index (χ0v) is 13.7. The van der Waals surface area contributed by atoms with Gasteiger partial charge in [-0.2, -0.15) is 0 Å². The number of hydrogen-bond acceptors (Lipinski definition) is 3. The van der Waals surface area contributed by atoms with E-state index in [-0.39, 0.29) is 5.97 Å². The lowest BCUT2D eigenvalue weighted by molar-refractivity contribution is -0.137. The Balaban J connectivity index is 1.70. The van der Waals surface area contributed by atoms with Crippen LogP contribution in [0.15, 0.2) is 12.7 Å². The number of esters is 1. The number of unbranched alkanes of at least 4 members (excludes halogenated alkanes) is 8. The van der Waals surface area contributed by atoms with E-state index in [1.54, 1.807) is 0 Å². The lowest BCUT2D eigenvalue weighted by Gasteiger charge is -2.13. The minimum absolute atomic E-state index is 0.302. The van der Waals surface area contributed by atoms with Gasteiger partial charge in [-0.1, -0.05) is 51.5 Å². The van der Waals surface area contributed by atoms with E-state index in [1.807, 2.05) is 0 Å². The third-order valence-corrected chi connectivity index (χ3v) is 4.23. The smallest absolute Gasteiger partial charge is 0.330 e. The Morgan fingerprint density at radius 1 is 0.905 bits per heavy atom. The predicted molar refractivity (Wildman–Crippen MR) is 88.4 cm³/mol. The van der Waals surface area contributed by atoms with E-state index in [1.165, 1.54) is 89.9 Å². The lowest BCUT2D eigenvalue weighted by Crippen LogP contribution is -2.20. The molecule has 0 aromatic rings. The summed E-state index contributed by atoms with van der Waals surface area (Å²) >= 11 is 0. The van der Waals surface area contributed by atoms with E-state index in [9.17, 15) is 4.79 Å². The van der Waals surface area contributed by atoms with E-state index in [2.05, 4.69) is 11.5 Å². The monoisotopic (exact) mass is 295 g/mol. The van der Waals surface area contributed by atoms with Crippen LogP contribution in [0.5, 0.6) is 0 Å². The SMILES string of the molecule is C=CC(=O)OCCCCCCCCCCCN1CCCC1.